The van der Waals surface area contributed by atoms with Gasteiger partial charge in [-0.25, -0.2) is 8.42 Å². The largest absolute Gasteiger partial charge is 0.336 e. The highest BCUT2D eigenvalue weighted by molar-refractivity contribution is 7.89. The molecule has 2 aliphatic rings. The third-order valence-corrected chi connectivity index (χ3v) is 8.33. The fourth-order valence-electron chi connectivity index (χ4n) is 4.27. The van der Waals surface area contributed by atoms with Crippen LogP contribution in [-0.4, -0.2) is 73.7 Å². The molecule has 0 bridgehead atoms. The van der Waals surface area contributed by atoms with Crippen LogP contribution in [0.2, 0.25) is 5.02 Å². The van der Waals surface area contributed by atoms with E-state index >= 15 is 0 Å². The van der Waals surface area contributed by atoms with Gasteiger partial charge in [-0.05, 0) is 31.0 Å². The molecule has 1 aromatic carbocycles. The number of carbonyl (C=O) groups excluding carboxylic acids is 1. The maximum Gasteiger partial charge on any atom is 0.255 e. The molecule has 28 heavy (non-hydrogen) atoms. The molecule has 1 saturated heterocycles. The molecular formula is C20H30ClN3O3S. The number of hydrogen-bond donors (Lipinski definition) is 0. The second kappa shape index (κ2) is 9.11. The molecule has 0 unspecified atom stereocenters. The summed E-state index contributed by atoms with van der Waals surface area (Å²) in [5, 5.41) is 0.293. The van der Waals surface area contributed by atoms with Crippen molar-refractivity contribution in [3.63, 3.8) is 0 Å². The highest BCUT2D eigenvalue weighted by Crippen LogP contribution is 2.27. The number of nitrogens with zero attached hydrogens (tertiary/aromatic N) is 3. The SMILES string of the molecule is CCN(CC)S(=O)(=O)c1ccc(Cl)c(C(=O)N2CCN(C3CCCC3)CC2)c1. The third-order valence-electron chi connectivity index (χ3n) is 5.95. The molecule has 6 nitrogen and oxygen atoms in total. The third kappa shape index (κ3) is 4.37. The van der Waals surface area contributed by atoms with Crippen LogP contribution in [0.1, 0.15) is 49.9 Å². The molecule has 3 rings (SSSR count). The van der Waals surface area contributed by atoms with Crippen LogP contribution in [-0.2, 0) is 10.0 Å². The number of halogens is 1. The Kier molecular flexibility index (Phi) is 7.02. The Bertz CT molecular complexity index is 797. The lowest BCUT2D eigenvalue weighted by molar-refractivity contribution is 0.0573. The van der Waals surface area contributed by atoms with Crippen LogP contribution in [0.5, 0.6) is 0 Å². The van der Waals surface area contributed by atoms with E-state index in [1.54, 1.807) is 18.7 Å². The average Bonchev–Trinajstić information content (AvgIpc) is 3.23. The van der Waals surface area contributed by atoms with Crippen molar-refractivity contribution in [2.75, 3.05) is 39.3 Å². The number of rotatable bonds is 6. The van der Waals surface area contributed by atoms with E-state index in [9.17, 15) is 13.2 Å². The van der Waals surface area contributed by atoms with Crippen LogP contribution in [0.25, 0.3) is 0 Å². The number of amides is 1. The molecule has 1 aliphatic carbocycles. The first-order valence-corrected chi connectivity index (χ1v) is 12.0. The normalized spacial score (nSPS) is 19.5. The maximum atomic E-state index is 13.1. The first-order valence-electron chi connectivity index (χ1n) is 10.2. The predicted octanol–water partition coefficient (Wildman–Crippen LogP) is 3.07. The predicted molar refractivity (Wildman–Crippen MR) is 111 cm³/mol. The summed E-state index contributed by atoms with van der Waals surface area (Å²) in [6.07, 6.45) is 5.11. The Labute approximate surface area is 173 Å². The Morgan fingerprint density at radius 2 is 1.71 bits per heavy atom. The monoisotopic (exact) mass is 427 g/mol. The van der Waals surface area contributed by atoms with Crippen molar-refractivity contribution < 1.29 is 13.2 Å². The Hall–Kier alpha value is -1.15. The minimum Gasteiger partial charge on any atom is -0.336 e. The van der Waals surface area contributed by atoms with E-state index < -0.39 is 10.0 Å². The molecule has 1 amide bonds. The van der Waals surface area contributed by atoms with E-state index in [4.69, 9.17) is 11.6 Å². The van der Waals surface area contributed by atoms with Crippen LogP contribution in [0.15, 0.2) is 23.1 Å². The molecule has 0 N–H and O–H groups in total. The van der Waals surface area contributed by atoms with Crippen LogP contribution in [0.3, 0.4) is 0 Å². The summed E-state index contributed by atoms with van der Waals surface area (Å²) < 4.78 is 27.0. The smallest absolute Gasteiger partial charge is 0.255 e. The first-order chi connectivity index (χ1) is 13.4. The number of carbonyl (C=O) groups is 1. The summed E-state index contributed by atoms with van der Waals surface area (Å²) in [5.74, 6) is -0.187. The van der Waals surface area contributed by atoms with E-state index in [1.165, 1.54) is 48.2 Å². The maximum absolute atomic E-state index is 13.1. The lowest BCUT2D eigenvalue weighted by atomic mass is 10.1. The minimum absolute atomic E-state index is 0.119. The van der Waals surface area contributed by atoms with Gasteiger partial charge in [0.05, 0.1) is 15.5 Å². The van der Waals surface area contributed by atoms with Gasteiger partial charge in [0.15, 0.2) is 0 Å². The average molecular weight is 428 g/mol. The molecule has 8 heteroatoms. The van der Waals surface area contributed by atoms with Gasteiger partial charge in [-0.15, -0.1) is 0 Å². The molecule has 0 spiro atoms. The van der Waals surface area contributed by atoms with Gasteiger partial charge in [-0.3, -0.25) is 9.69 Å². The summed E-state index contributed by atoms with van der Waals surface area (Å²) in [7, 11) is -3.63. The fourth-order valence-corrected chi connectivity index (χ4v) is 5.95. The summed E-state index contributed by atoms with van der Waals surface area (Å²) in [6.45, 7) is 7.40. The lowest BCUT2D eigenvalue weighted by Gasteiger charge is -2.38. The van der Waals surface area contributed by atoms with Crippen LogP contribution >= 0.6 is 11.6 Å². The lowest BCUT2D eigenvalue weighted by Crippen LogP contribution is -2.51. The molecular weight excluding hydrogens is 398 g/mol. The van der Waals surface area contributed by atoms with Gasteiger partial charge in [-0.2, -0.15) is 4.31 Å². The zero-order valence-electron chi connectivity index (χ0n) is 16.7. The fraction of sp³-hybridized carbons (Fsp3) is 0.650. The van der Waals surface area contributed by atoms with Crippen molar-refractivity contribution in [3.05, 3.63) is 28.8 Å². The van der Waals surface area contributed by atoms with Gasteiger partial charge >= 0.3 is 0 Å². The number of sulfonamides is 1. The van der Waals surface area contributed by atoms with Crippen molar-refractivity contribution in [1.82, 2.24) is 14.1 Å². The van der Waals surface area contributed by atoms with Crippen molar-refractivity contribution in [1.29, 1.82) is 0 Å². The van der Waals surface area contributed by atoms with Crippen molar-refractivity contribution in [3.8, 4) is 0 Å². The Morgan fingerprint density at radius 1 is 1.11 bits per heavy atom. The molecule has 2 fully saturated rings. The molecule has 1 aromatic rings. The van der Waals surface area contributed by atoms with Gasteiger partial charge in [0.2, 0.25) is 10.0 Å². The van der Waals surface area contributed by atoms with E-state index in [1.807, 2.05) is 0 Å². The molecule has 1 saturated carbocycles. The highest BCUT2D eigenvalue weighted by Gasteiger charge is 2.30. The van der Waals surface area contributed by atoms with Crippen molar-refractivity contribution in [2.24, 2.45) is 0 Å². The summed E-state index contributed by atoms with van der Waals surface area (Å²) in [5.41, 5.74) is 0.268. The Balaban J connectivity index is 1.75. The second-order valence-electron chi connectivity index (χ2n) is 7.50. The summed E-state index contributed by atoms with van der Waals surface area (Å²) in [4.78, 5) is 17.4. The van der Waals surface area contributed by atoms with Gasteiger partial charge in [0.1, 0.15) is 0 Å². The quantitative estimate of drug-likeness (QED) is 0.700. The van der Waals surface area contributed by atoms with Crippen LogP contribution in [0, 0.1) is 0 Å². The zero-order chi connectivity index (χ0) is 20.3. The summed E-state index contributed by atoms with van der Waals surface area (Å²) >= 11 is 6.27. The van der Waals surface area contributed by atoms with Crippen molar-refractivity contribution in [2.45, 2.75) is 50.5 Å². The minimum atomic E-state index is -3.63. The molecule has 1 heterocycles. The van der Waals surface area contributed by atoms with Gasteiger partial charge < -0.3 is 4.90 Å². The van der Waals surface area contributed by atoms with Gasteiger partial charge in [0, 0.05) is 45.3 Å². The number of piperazine rings is 1. The van der Waals surface area contributed by atoms with Gasteiger partial charge in [-0.1, -0.05) is 38.3 Å². The zero-order valence-corrected chi connectivity index (χ0v) is 18.3. The van der Waals surface area contributed by atoms with E-state index in [2.05, 4.69) is 4.90 Å². The van der Waals surface area contributed by atoms with E-state index in [0.29, 0.717) is 37.2 Å². The number of benzene rings is 1. The second-order valence-corrected chi connectivity index (χ2v) is 9.84. The van der Waals surface area contributed by atoms with E-state index in [0.717, 1.165) is 13.1 Å². The molecule has 0 radical (unpaired) electrons. The van der Waals surface area contributed by atoms with Crippen LogP contribution < -0.4 is 0 Å². The van der Waals surface area contributed by atoms with Crippen LogP contribution in [0.4, 0.5) is 0 Å². The topological polar surface area (TPSA) is 60.9 Å². The van der Waals surface area contributed by atoms with Gasteiger partial charge in [0.25, 0.3) is 5.91 Å². The molecule has 0 aromatic heterocycles. The number of hydrogen-bond acceptors (Lipinski definition) is 4. The molecule has 1 aliphatic heterocycles. The standard InChI is InChI=1S/C20H30ClN3O3S/c1-3-24(4-2)28(26,27)17-9-10-19(21)18(15-17)20(25)23-13-11-22(12-14-23)16-7-5-6-8-16/h9-10,15-16H,3-8,11-14H2,1-2H3. The molecule has 0 atom stereocenters. The van der Waals surface area contributed by atoms with E-state index in [-0.39, 0.29) is 16.4 Å². The van der Waals surface area contributed by atoms with Crippen molar-refractivity contribution >= 4 is 27.5 Å². The summed E-state index contributed by atoms with van der Waals surface area (Å²) in [6, 6.07) is 5.08. The first kappa shape index (κ1) is 21.6. The highest BCUT2D eigenvalue weighted by atomic mass is 35.5. The molecule has 156 valence electrons. The Morgan fingerprint density at radius 3 is 2.29 bits per heavy atom.